The smallest absolute Gasteiger partial charge is 0.256 e. The van der Waals surface area contributed by atoms with Crippen molar-refractivity contribution < 1.29 is 13.9 Å². The lowest BCUT2D eigenvalue weighted by atomic mass is 9.93. The van der Waals surface area contributed by atoms with E-state index in [1.165, 1.54) is 18.9 Å². The highest BCUT2D eigenvalue weighted by molar-refractivity contribution is 5.94. The zero-order valence-corrected chi connectivity index (χ0v) is 15.7. The fraction of sp³-hybridized carbons (Fsp3) is 0.650. The molecule has 1 N–H and O–H groups in total. The number of hydrogen-bond donors (Lipinski definition) is 1. The molecule has 6 heteroatoms. The average molecular weight is 363 g/mol. The van der Waals surface area contributed by atoms with E-state index in [-0.39, 0.29) is 11.5 Å². The molecule has 0 aliphatic carbocycles. The molecule has 2 aliphatic heterocycles. The number of rotatable bonds is 6. The highest BCUT2D eigenvalue weighted by Crippen LogP contribution is 2.21. The van der Waals surface area contributed by atoms with E-state index in [9.17, 15) is 9.18 Å². The van der Waals surface area contributed by atoms with Crippen molar-refractivity contribution >= 4 is 5.91 Å². The van der Waals surface area contributed by atoms with E-state index >= 15 is 0 Å². The van der Waals surface area contributed by atoms with Gasteiger partial charge in [0.15, 0.2) is 0 Å². The van der Waals surface area contributed by atoms with Crippen LogP contribution in [0.4, 0.5) is 4.39 Å². The SMILES string of the molecule is CN1CCN(C(=O)c2ccc(OCCCC3CCNCC3)cc2F)CC1. The van der Waals surface area contributed by atoms with Crippen LogP contribution < -0.4 is 10.1 Å². The molecule has 3 rings (SSSR count). The third-order valence-electron chi connectivity index (χ3n) is 5.45. The van der Waals surface area contributed by atoms with E-state index in [1.807, 2.05) is 7.05 Å². The molecule has 0 aromatic heterocycles. The molecule has 144 valence electrons. The zero-order valence-electron chi connectivity index (χ0n) is 15.7. The molecule has 0 atom stereocenters. The summed E-state index contributed by atoms with van der Waals surface area (Å²) in [6.07, 6.45) is 4.61. The second-order valence-corrected chi connectivity index (χ2v) is 7.42. The largest absolute Gasteiger partial charge is 0.493 e. The Labute approximate surface area is 155 Å². The van der Waals surface area contributed by atoms with Crippen molar-refractivity contribution in [2.24, 2.45) is 5.92 Å². The van der Waals surface area contributed by atoms with Crippen LogP contribution in [-0.4, -0.2) is 68.6 Å². The number of halogens is 1. The first-order valence-electron chi connectivity index (χ1n) is 9.74. The van der Waals surface area contributed by atoms with E-state index in [4.69, 9.17) is 4.74 Å². The maximum atomic E-state index is 14.4. The standard InChI is InChI=1S/C20H30FN3O2/c1-23-10-12-24(13-11-23)20(25)18-5-4-17(15-19(18)21)26-14-2-3-16-6-8-22-9-7-16/h4-5,15-16,22H,2-3,6-14H2,1H3. The molecule has 5 nitrogen and oxygen atoms in total. The fourth-order valence-corrected chi connectivity index (χ4v) is 3.67. The second-order valence-electron chi connectivity index (χ2n) is 7.42. The molecule has 2 heterocycles. The van der Waals surface area contributed by atoms with Crippen molar-refractivity contribution in [2.45, 2.75) is 25.7 Å². The molecule has 0 spiro atoms. The number of carbonyl (C=O) groups is 1. The van der Waals surface area contributed by atoms with Crippen molar-refractivity contribution in [2.75, 3.05) is 52.9 Å². The average Bonchev–Trinajstić information content (AvgIpc) is 2.66. The van der Waals surface area contributed by atoms with Gasteiger partial charge in [0, 0.05) is 32.2 Å². The van der Waals surface area contributed by atoms with Crippen LogP contribution >= 0.6 is 0 Å². The maximum Gasteiger partial charge on any atom is 0.256 e. The molecule has 0 unspecified atom stereocenters. The minimum Gasteiger partial charge on any atom is -0.493 e. The summed E-state index contributed by atoms with van der Waals surface area (Å²) in [5.41, 5.74) is 0.136. The molecule has 0 saturated carbocycles. The number of nitrogens with one attached hydrogen (secondary N) is 1. The molecule has 1 amide bonds. The quantitative estimate of drug-likeness (QED) is 0.788. The van der Waals surface area contributed by atoms with Gasteiger partial charge >= 0.3 is 0 Å². The minimum atomic E-state index is -0.496. The molecular weight excluding hydrogens is 333 g/mol. The van der Waals surface area contributed by atoms with Gasteiger partial charge in [0.05, 0.1) is 12.2 Å². The Morgan fingerprint density at radius 3 is 2.65 bits per heavy atom. The van der Waals surface area contributed by atoms with Gasteiger partial charge in [-0.25, -0.2) is 4.39 Å². The van der Waals surface area contributed by atoms with Crippen LogP contribution in [0.15, 0.2) is 18.2 Å². The predicted molar refractivity (Wildman–Crippen MR) is 100 cm³/mol. The van der Waals surface area contributed by atoms with Crippen molar-refractivity contribution in [3.05, 3.63) is 29.6 Å². The van der Waals surface area contributed by atoms with Gasteiger partial charge in [-0.15, -0.1) is 0 Å². The van der Waals surface area contributed by atoms with Gasteiger partial charge in [-0.2, -0.15) is 0 Å². The molecule has 2 aliphatic rings. The number of benzene rings is 1. The van der Waals surface area contributed by atoms with Gasteiger partial charge in [0.1, 0.15) is 11.6 Å². The van der Waals surface area contributed by atoms with Crippen molar-refractivity contribution in [1.82, 2.24) is 15.1 Å². The van der Waals surface area contributed by atoms with Gasteiger partial charge in [0.25, 0.3) is 5.91 Å². The third-order valence-corrected chi connectivity index (χ3v) is 5.45. The molecule has 0 bridgehead atoms. The summed E-state index contributed by atoms with van der Waals surface area (Å²) >= 11 is 0. The highest BCUT2D eigenvalue weighted by Gasteiger charge is 2.23. The Hall–Kier alpha value is -1.66. The van der Waals surface area contributed by atoms with Crippen molar-refractivity contribution in [3.8, 4) is 5.75 Å². The van der Waals surface area contributed by atoms with Crippen LogP contribution in [0.25, 0.3) is 0 Å². The summed E-state index contributed by atoms with van der Waals surface area (Å²) in [4.78, 5) is 16.4. The number of hydrogen-bond acceptors (Lipinski definition) is 4. The molecule has 1 aromatic rings. The van der Waals surface area contributed by atoms with Gasteiger partial charge in [-0.1, -0.05) is 0 Å². The number of piperazine rings is 1. The van der Waals surface area contributed by atoms with Crippen LogP contribution in [0.5, 0.6) is 5.75 Å². The Bertz CT molecular complexity index is 597. The summed E-state index contributed by atoms with van der Waals surface area (Å²) < 4.78 is 20.1. The van der Waals surface area contributed by atoms with Gasteiger partial charge in [-0.3, -0.25) is 4.79 Å². The van der Waals surface area contributed by atoms with Gasteiger partial charge in [-0.05, 0) is 63.9 Å². The number of piperidine rings is 1. The van der Waals surface area contributed by atoms with Crippen LogP contribution in [-0.2, 0) is 0 Å². The lowest BCUT2D eigenvalue weighted by Crippen LogP contribution is -2.47. The normalized spacial score (nSPS) is 19.5. The predicted octanol–water partition coefficient (Wildman–Crippen LogP) is 2.37. The van der Waals surface area contributed by atoms with Gasteiger partial charge in [0.2, 0.25) is 0 Å². The van der Waals surface area contributed by atoms with Gasteiger partial charge < -0.3 is 19.9 Å². The molecular formula is C20H30FN3O2. The molecule has 0 radical (unpaired) electrons. The van der Waals surface area contributed by atoms with Crippen LogP contribution in [0, 0.1) is 11.7 Å². The summed E-state index contributed by atoms with van der Waals surface area (Å²) in [5.74, 6) is 0.556. The second kappa shape index (κ2) is 9.33. The van der Waals surface area contributed by atoms with E-state index < -0.39 is 5.82 Å². The zero-order chi connectivity index (χ0) is 18.4. The lowest BCUT2D eigenvalue weighted by molar-refractivity contribution is 0.0659. The van der Waals surface area contributed by atoms with E-state index in [0.717, 1.165) is 44.9 Å². The summed E-state index contributed by atoms with van der Waals surface area (Å²) in [7, 11) is 2.03. The molecule has 2 fully saturated rings. The monoisotopic (exact) mass is 363 g/mol. The molecule has 1 aromatic carbocycles. The number of ether oxygens (including phenoxy) is 1. The first kappa shape index (κ1) is 19.1. The maximum absolute atomic E-state index is 14.4. The number of carbonyl (C=O) groups excluding carboxylic acids is 1. The van der Waals surface area contributed by atoms with Crippen molar-refractivity contribution in [1.29, 1.82) is 0 Å². The Balaban J connectivity index is 1.46. The first-order valence-corrected chi connectivity index (χ1v) is 9.74. The lowest BCUT2D eigenvalue weighted by Gasteiger charge is -2.32. The van der Waals surface area contributed by atoms with Crippen LogP contribution in [0.2, 0.25) is 0 Å². The fourth-order valence-electron chi connectivity index (χ4n) is 3.67. The Morgan fingerprint density at radius 1 is 1.23 bits per heavy atom. The van der Waals surface area contributed by atoms with Crippen molar-refractivity contribution in [3.63, 3.8) is 0 Å². The number of likely N-dealkylation sites (N-methyl/N-ethyl adjacent to an activating group) is 1. The first-order chi connectivity index (χ1) is 12.6. The number of nitrogens with zero attached hydrogens (tertiary/aromatic N) is 2. The van der Waals surface area contributed by atoms with E-state index in [1.54, 1.807) is 17.0 Å². The topological polar surface area (TPSA) is 44.8 Å². The summed E-state index contributed by atoms with van der Waals surface area (Å²) in [6.45, 7) is 5.75. The third kappa shape index (κ3) is 5.17. The number of amides is 1. The summed E-state index contributed by atoms with van der Waals surface area (Å²) in [6, 6.07) is 4.60. The highest BCUT2D eigenvalue weighted by atomic mass is 19.1. The Kier molecular flexibility index (Phi) is 6.86. The summed E-state index contributed by atoms with van der Waals surface area (Å²) in [5, 5.41) is 3.37. The van der Waals surface area contributed by atoms with Crippen LogP contribution in [0.3, 0.4) is 0 Å². The molecule has 26 heavy (non-hydrogen) atoms. The molecule has 2 saturated heterocycles. The Morgan fingerprint density at radius 2 is 1.96 bits per heavy atom. The van der Waals surface area contributed by atoms with E-state index in [0.29, 0.717) is 25.4 Å². The minimum absolute atomic E-state index is 0.136. The van der Waals surface area contributed by atoms with E-state index in [2.05, 4.69) is 10.2 Å². The van der Waals surface area contributed by atoms with Crippen LogP contribution in [0.1, 0.15) is 36.0 Å².